The van der Waals surface area contributed by atoms with Crippen LogP contribution in [0.2, 0.25) is 5.02 Å². The number of carbonyl (C=O) groups is 2. The van der Waals surface area contributed by atoms with E-state index in [1.807, 2.05) is 5.32 Å². The first-order chi connectivity index (χ1) is 14.7. The number of nitrogens with one attached hydrogen (secondary N) is 1. The number of hydrogen-bond donors (Lipinski definition) is 1. The molecule has 0 radical (unpaired) electrons. The normalized spacial score (nSPS) is 11.5. The Labute approximate surface area is 179 Å². The standard InChI is InChI=1S/C22H13ClF3N3O2/c23-16-9-6-13(7-10-16)18-20(28-21(31)22(24,25)26)27-17-11-8-15(12-29(17)18)19(30)14-4-2-1-3-5-14/h1-12H,(H,28,31). The summed E-state index contributed by atoms with van der Waals surface area (Å²) in [6.45, 7) is 0. The molecule has 9 heteroatoms. The number of ketones is 1. The Bertz CT molecular complexity index is 1280. The fraction of sp³-hybridized carbons (Fsp3) is 0.0455. The summed E-state index contributed by atoms with van der Waals surface area (Å²) in [5.41, 5.74) is 1.67. The van der Waals surface area contributed by atoms with Gasteiger partial charge in [0.1, 0.15) is 5.65 Å². The van der Waals surface area contributed by atoms with Gasteiger partial charge in [0.15, 0.2) is 11.6 Å². The highest BCUT2D eigenvalue weighted by Gasteiger charge is 2.39. The average molecular weight is 444 g/mol. The highest BCUT2D eigenvalue weighted by molar-refractivity contribution is 6.30. The van der Waals surface area contributed by atoms with Crippen molar-refractivity contribution >= 4 is 34.8 Å². The molecule has 1 amide bonds. The first-order valence-corrected chi connectivity index (χ1v) is 9.38. The minimum Gasteiger partial charge on any atom is -0.301 e. The summed E-state index contributed by atoms with van der Waals surface area (Å²) < 4.78 is 39.9. The number of aromatic nitrogens is 2. The molecule has 1 N–H and O–H groups in total. The first-order valence-electron chi connectivity index (χ1n) is 9.00. The van der Waals surface area contributed by atoms with Crippen LogP contribution in [0.4, 0.5) is 19.0 Å². The van der Waals surface area contributed by atoms with E-state index in [4.69, 9.17) is 11.6 Å². The number of fused-ring (bicyclic) bond motifs is 1. The van der Waals surface area contributed by atoms with Gasteiger partial charge in [0.2, 0.25) is 0 Å². The van der Waals surface area contributed by atoms with Crippen LogP contribution in [0.15, 0.2) is 72.9 Å². The number of rotatable bonds is 4. The third kappa shape index (κ3) is 4.15. The van der Waals surface area contributed by atoms with Gasteiger partial charge >= 0.3 is 12.1 Å². The number of imidazole rings is 1. The van der Waals surface area contributed by atoms with Gasteiger partial charge in [-0.25, -0.2) is 4.98 Å². The van der Waals surface area contributed by atoms with Gasteiger partial charge in [-0.2, -0.15) is 13.2 Å². The Morgan fingerprint density at radius 1 is 0.903 bits per heavy atom. The van der Waals surface area contributed by atoms with Gasteiger partial charge in [-0.15, -0.1) is 0 Å². The number of amides is 1. The summed E-state index contributed by atoms with van der Waals surface area (Å²) in [5, 5.41) is 2.25. The summed E-state index contributed by atoms with van der Waals surface area (Å²) >= 11 is 5.92. The number of anilines is 1. The molecule has 4 rings (SSSR count). The smallest absolute Gasteiger partial charge is 0.301 e. The summed E-state index contributed by atoms with van der Waals surface area (Å²) in [5.74, 6) is -2.69. The molecule has 0 aliphatic carbocycles. The number of pyridine rings is 1. The molecule has 31 heavy (non-hydrogen) atoms. The van der Waals surface area contributed by atoms with Crippen molar-refractivity contribution in [3.63, 3.8) is 0 Å². The molecular weight excluding hydrogens is 431 g/mol. The topological polar surface area (TPSA) is 63.5 Å². The molecule has 0 fully saturated rings. The van der Waals surface area contributed by atoms with E-state index < -0.39 is 12.1 Å². The summed E-state index contributed by atoms with van der Waals surface area (Å²) in [7, 11) is 0. The van der Waals surface area contributed by atoms with Crippen molar-refractivity contribution in [2.75, 3.05) is 5.32 Å². The highest BCUT2D eigenvalue weighted by Crippen LogP contribution is 2.32. The molecule has 0 aliphatic heterocycles. The van der Waals surface area contributed by atoms with Crippen molar-refractivity contribution in [1.82, 2.24) is 9.38 Å². The lowest BCUT2D eigenvalue weighted by Gasteiger charge is -2.09. The molecule has 0 atom stereocenters. The van der Waals surface area contributed by atoms with E-state index in [-0.39, 0.29) is 22.9 Å². The van der Waals surface area contributed by atoms with E-state index >= 15 is 0 Å². The Kier molecular flexibility index (Phi) is 5.24. The maximum atomic E-state index is 12.8. The number of benzene rings is 2. The summed E-state index contributed by atoms with van der Waals surface area (Å²) in [6.07, 6.45) is -3.60. The second-order valence-electron chi connectivity index (χ2n) is 6.61. The predicted octanol–water partition coefficient (Wildman–Crippen LogP) is 5.39. The van der Waals surface area contributed by atoms with Crippen molar-refractivity contribution in [2.24, 2.45) is 0 Å². The maximum absolute atomic E-state index is 12.8. The molecule has 0 unspecified atom stereocenters. The fourth-order valence-electron chi connectivity index (χ4n) is 3.08. The molecule has 5 nitrogen and oxygen atoms in total. The average Bonchev–Trinajstić information content (AvgIpc) is 3.10. The van der Waals surface area contributed by atoms with Crippen LogP contribution in [0.25, 0.3) is 16.9 Å². The lowest BCUT2D eigenvalue weighted by atomic mass is 10.1. The number of nitrogens with zero attached hydrogens (tertiary/aromatic N) is 2. The SMILES string of the molecule is O=C(c1ccccc1)c1ccc2nc(NC(=O)C(F)(F)F)c(-c3ccc(Cl)cc3)n2c1. The van der Waals surface area contributed by atoms with Crippen LogP contribution in [-0.2, 0) is 4.79 Å². The van der Waals surface area contributed by atoms with E-state index in [9.17, 15) is 22.8 Å². The maximum Gasteiger partial charge on any atom is 0.471 e. The van der Waals surface area contributed by atoms with Crippen molar-refractivity contribution in [3.05, 3.63) is 89.1 Å². The quantitative estimate of drug-likeness (QED) is 0.430. The third-order valence-electron chi connectivity index (χ3n) is 4.52. The molecule has 2 heterocycles. The monoisotopic (exact) mass is 443 g/mol. The second kappa shape index (κ2) is 7.88. The van der Waals surface area contributed by atoms with Crippen LogP contribution in [0.5, 0.6) is 0 Å². The predicted molar refractivity (Wildman–Crippen MR) is 110 cm³/mol. The minimum atomic E-state index is -5.08. The van der Waals surface area contributed by atoms with Gasteiger partial charge in [0.25, 0.3) is 0 Å². The molecule has 2 aromatic heterocycles. The Balaban J connectivity index is 1.87. The highest BCUT2D eigenvalue weighted by atomic mass is 35.5. The van der Waals surface area contributed by atoms with Gasteiger partial charge in [-0.3, -0.25) is 14.0 Å². The summed E-state index contributed by atoms with van der Waals surface area (Å²) in [6, 6.07) is 17.9. The zero-order valence-electron chi connectivity index (χ0n) is 15.7. The van der Waals surface area contributed by atoms with Gasteiger partial charge in [0.05, 0.1) is 5.69 Å². The molecule has 0 saturated heterocycles. The van der Waals surface area contributed by atoms with Crippen LogP contribution in [0, 0.1) is 0 Å². The number of hydrogen-bond acceptors (Lipinski definition) is 3. The number of carbonyl (C=O) groups excluding carboxylic acids is 2. The fourth-order valence-corrected chi connectivity index (χ4v) is 3.21. The molecular formula is C22H13ClF3N3O2. The van der Waals surface area contributed by atoms with E-state index in [1.54, 1.807) is 54.6 Å². The minimum absolute atomic E-state index is 0.187. The van der Waals surface area contributed by atoms with Gasteiger partial charge in [-0.05, 0) is 24.3 Å². The van der Waals surface area contributed by atoms with Crippen LogP contribution in [0.1, 0.15) is 15.9 Å². The van der Waals surface area contributed by atoms with Crippen LogP contribution in [-0.4, -0.2) is 27.3 Å². The molecule has 0 spiro atoms. The Hall–Kier alpha value is -3.65. The number of halogens is 4. The largest absolute Gasteiger partial charge is 0.471 e. The van der Waals surface area contributed by atoms with Crippen molar-refractivity contribution in [1.29, 1.82) is 0 Å². The molecule has 156 valence electrons. The van der Waals surface area contributed by atoms with Crippen LogP contribution >= 0.6 is 11.6 Å². The van der Waals surface area contributed by atoms with Crippen LogP contribution < -0.4 is 5.32 Å². The van der Waals surface area contributed by atoms with E-state index in [0.29, 0.717) is 21.7 Å². The lowest BCUT2D eigenvalue weighted by Crippen LogP contribution is -2.30. The van der Waals surface area contributed by atoms with Gasteiger partial charge in [-0.1, -0.05) is 54.1 Å². The van der Waals surface area contributed by atoms with Crippen LogP contribution in [0.3, 0.4) is 0 Å². The lowest BCUT2D eigenvalue weighted by molar-refractivity contribution is -0.167. The first kappa shape index (κ1) is 20.6. The van der Waals surface area contributed by atoms with E-state index in [1.165, 1.54) is 22.7 Å². The van der Waals surface area contributed by atoms with E-state index in [0.717, 1.165) is 0 Å². The van der Waals surface area contributed by atoms with Crippen molar-refractivity contribution < 1.29 is 22.8 Å². The molecule has 2 aromatic carbocycles. The number of alkyl halides is 3. The van der Waals surface area contributed by atoms with Gasteiger partial charge < -0.3 is 5.32 Å². The summed E-state index contributed by atoms with van der Waals surface area (Å²) in [4.78, 5) is 28.5. The second-order valence-corrected chi connectivity index (χ2v) is 7.05. The zero-order valence-corrected chi connectivity index (χ0v) is 16.4. The Morgan fingerprint density at radius 2 is 1.58 bits per heavy atom. The molecule has 4 aromatic rings. The van der Waals surface area contributed by atoms with Crippen molar-refractivity contribution in [2.45, 2.75) is 6.18 Å². The van der Waals surface area contributed by atoms with E-state index in [2.05, 4.69) is 4.98 Å². The third-order valence-corrected chi connectivity index (χ3v) is 4.78. The Morgan fingerprint density at radius 3 is 2.23 bits per heavy atom. The zero-order chi connectivity index (χ0) is 22.2. The molecule has 0 saturated carbocycles. The molecule has 0 bridgehead atoms. The van der Waals surface area contributed by atoms with Crippen molar-refractivity contribution in [3.8, 4) is 11.3 Å². The molecule has 0 aliphatic rings. The van der Waals surface area contributed by atoms with Gasteiger partial charge in [0, 0.05) is 27.9 Å².